The molecule has 5 atom stereocenters. The number of fused-ring (bicyclic) bond motifs is 2. The van der Waals surface area contributed by atoms with E-state index in [-0.39, 0.29) is 11.8 Å². The lowest BCUT2D eigenvalue weighted by Gasteiger charge is -2.41. The third kappa shape index (κ3) is 1.79. The monoisotopic (exact) mass is 280 g/mol. The van der Waals surface area contributed by atoms with Crippen molar-refractivity contribution in [1.82, 2.24) is 0 Å². The van der Waals surface area contributed by atoms with Crippen molar-refractivity contribution in [3.63, 3.8) is 0 Å². The van der Waals surface area contributed by atoms with Crippen LogP contribution in [0.3, 0.4) is 0 Å². The van der Waals surface area contributed by atoms with Crippen LogP contribution in [-0.4, -0.2) is 27.2 Å². The van der Waals surface area contributed by atoms with Gasteiger partial charge in [-0.25, -0.2) is 0 Å². The molecule has 0 aliphatic heterocycles. The molecule has 0 spiro atoms. The number of carbonyl (C=O) groups is 1. The van der Waals surface area contributed by atoms with E-state index in [1.165, 1.54) is 0 Å². The molecule has 0 saturated heterocycles. The summed E-state index contributed by atoms with van der Waals surface area (Å²) in [6.07, 6.45) is 2.73. The van der Waals surface area contributed by atoms with Crippen LogP contribution in [0, 0.1) is 11.8 Å². The van der Waals surface area contributed by atoms with Gasteiger partial charge in [-0.3, -0.25) is 4.79 Å². The largest absolute Gasteiger partial charge is 0.481 e. The van der Waals surface area contributed by atoms with Gasteiger partial charge < -0.3 is 10.2 Å². The number of carboxylic acids is 1. The molecular weight excluding hydrogens is 264 g/mol. The zero-order chi connectivity index (χ0) is 13.6. The van der Waals surface area contributed by atoms with Gasteiger partial charge in [-0.1, -0.05) is 30.3 Å². The van der Waals surface area contributed by atoms with E-state index in [9.17, 15) is 15.0 Å². The van der Waals surface area contributed by atoms with Crippen molar-refractivity contribution in [1.29, 1.82) is 0 Å². The highest BCUT2D eigenvalue weighted by Gasteiger charge is 2.62. The maximum absolute atomic E-state index is 11.7. The molecule has 2 N–H and O–H groups in total. The zero-order valence-electron chi connectivity index (χ0n) is 10.5. The topological polar surface area (TPSA) is 57.5 Å². The first-order valence-corrected chi connectivity index (χ1v) is 7.13. The van der Waals surface area contributed by atoms with E-state index in [0.717, 1.165) is 19.3 Å². The van der Waals surface area contributed by atoms with Crippen LogP contribution in [0.5, 0.6) is 0 Å². The molecule has 0 amide bonds. The zero-order valence-corrected chi connectivity index (χ0v) is 11.3. The predicted octanol–water partition coefficient (Wildman–Crippen LogP) is 2.62. The lowest BCUT2D eigenvalue weighted by molar-refractivity contribution is -0.148. The van der Waals surface area contributed by atoms with Crippen LogP contribution in [0.15, 0.2) is 30.3 Å². The molecule has 2 aliphatic carbocycles. The minimum Gasteiger partial charge on any atom is -0.481 e. The van der Waals surface area contributed by atoms with Gasteiger partial charge in [-0.05, 0) is 36.7 Å². The molecule has 3 rings (SSSR count). The summed E-state index contributed by atoms with van der Waals surface area (Å²) in [6, 6.07) is 8.94. The van der Waals surface area contributed by atoms with Crippen LogP contribution >= 0.6 is 11.6 Å². The van der Waals surface area contributed by atoms with E-state index in [2.05, 4.69) is 0 Å². The molecule has 3 nitrogen and oxygen atoms in total. The fourth-order valence-electron chi connectivity index (χ4n) is 3.95. The average Bonchev–Trinajstić information content (AvgIpc) is 2.95. The Labute approximate surface area is 117 Å². The summed E-state index contributed by atoms with van der Waals surface area (Å²) in [5.74, 6) is -1.68. The second-order valence-electron chi connectivity index (χ2n) is 5.74. The maximum atomic E-state index is 11.7. The molecule has 0 heterocycles. The average molecular weight is 281 g/mol. The fraction of sp³-hybridized carbons (Fsp3) is 0.533. The summed E-state index contributed by atoms with van der Waals surface area (Å²) in [5, 5.41) is 20.1. The number of halogens is 1. The summed E-state index contributed by atoms with van der Waals surface area (Å²) in [6.45, 7) is 0. The van der Waals surface area contributed by atoms with Gasteiger partial charge in [-0.15, -0.1) is 11.6 Å². The third-order valence-corrected chi connectivity index (χ3v) is 5.53. The highest BCUT2D eigenvalue weighted by Crippen LogP contribution is 2.58. The van der Waals surface area contributed by atoms with E-state index < -0.39 is 22.9 Å². The summed E-state index contributed by atoms with van der Waals surface area (Å²) in [5.41, 5.74) is -0.687. The molecule has 0 unspecified atom stereocenters. The number of aliphatic carboxylic acids is 1. The van der Waals surface area contributed by atoms with Gasteiger partial charge in [0.25, 0.3) is 0 Å². The number of rotatable bonds is 3. The van der Waals surface area contributed by atoms with E-state index in [0.29, 0.717) is 5.56 Å². The van der Waals surface area contributed by atoms with Crippen molar-refractivity contribution in [3.05, 3.63) is 35.9 Å². The number of carboxylic acid groups (broad SMARTS) is 1. The number of alkyl halides is 1. The van der Waals surface area contributed by atoms with E-state index in [1.54, 1.807) is 24.3 Å². The smallest absolute Gasteiger partial charge is 0.314 e. The first-order valence-electron chi connectivity index (χ1n) is 6.69. The molecule has 19 heavy (non-hydrogen) atoms. The molecule has 2 aliphatic rings. The summed E-state index contributed by atoms with van der Waals surface area (Å²) in [7, 11) is 0. The van der Waals surface area contributed by atoms with Gasteiger partial charge in [-0.2, -0.15) is 0 Å². The summed E-state index contributed by atoms with van der Waals surface area (Å²) in [4.78, 5) is 11.7. The Morgan fingerprint density at radius 3 is 2.53 bits per heavy atom. The lowest BCUT2D eigenvalue weighted by atomic mass is 9.71. The van der Waals surface area contributed by atoms with Gasteiger partial charge in [0.1, 0.15) is 11.5 Å². The van der Waals surface area contributed by atoms with Crippen molar-refractivity contribution >= 4 is 17.6 Å². The Kier molecular flexibility index (Phi) is 3.06. The van der Waals surface area contributed by atoms with Crippen molar-refractivity contribution in [2.75, 3.05) is 0 Å². The Morgan fingerprint density at radius 2 is 2.00 bits per heavy atom. The second kappa shape index (κ2) is 4.50. The SMILES string of the molecule is O=C(O)[C@H](c1ccccc1)[C@@]1(O)[C@H]2CC[C@H](C2)[C@H]1Cl. The molecule has 4 heteroatoms. The molecule has 2 saturated carbocycles. The Balaban J connectivity index is 2.04. The standard InChI is InChI=1S/C15H17ClO3/c16-13-10-6-7-11(8-10)15(13,19)12(14(17)18)9-4-2-1-3-5-9/h1-5,10-13,19H,6-8H2,(H,17,18)/t10-,11+,12+,13-,15+/m1/s1. The van der Waals surface area contributed by atoms with Crippen molar-refractivity contribution in [3.8, 4) is 0 Å². The van der Waals surface area contributed by atoms with Gasteiger partial charge in [0, 0.05) is 0 Å². The molecule has 0 radical (unpaired) electrons. The third-order valence-electron chi connectivity index (χ3n) is 4.83. The highest BCUT2D eigenvalue weighted by molar-refractivity contribution is 6.22. The first-order chi connectivity index (χ1) is 9.05. The molecular formula is C15H17ClO3. The van der Waals surface area contributed by atoms with E-state index in [1.807, 2.05) is 6.07 Å². The quantitative estimate of drug-likeness (QED) is 0.837. The Morgan fingerprint density at radius 1 is 1.32 bits per heavy atom. The van der Waals surface area contributed by atoms with Gasteiger partial charge in [0.15, 0.2) is 0 Å². The lowest BCUT2D eigenvalue weighted by Crippen LogP contribution is -2.52. The van der Waals surface area contributed by atoms with Crippen LogP contribution < -0.4 is 0 Å². The summed E-state index contributed by atoms with van der Waals surface area (Å²) < 4.78 is 0. The van der Waals surface area contributed by atoms with Gasteiger partial charge in [0.2, 0.25) is 0 Å². The van der Waals surface area contributed by atoms with E-state index >= 15 is 0 Å². The molecule has 1 aromatic rings. The van der Waals surface area contributed by atoms with Crippen LogP contribution in [-0.2, 0) is 4.79 Å². The van der Waals surface area contributed by atoms with Crippen LogP contribution in [0.25, 0.3) is 0 Å². The Bertz CT molecular complexity index is 485. The highest BCUT2D eigenvalue weighted by atomic mass is 35.5. The van der Waals surface area contributed by atoms with Gasteiger partial charge >= 0.3 is 5.97 Å². The number of hydrogen-bond donors (Lipinski definition) is 2. The molecule has 2 bridgehead atoms. The molecule has 102 valence electrons. The number of hydrogen-bond acceptors (Lipinski definition) is 2. The normalized spacial score (nSPS) is 38.3. The fourth-order valence-corrected chi connectivity index (χ4v) is 4.49. The molecule has 0 aromatic heterocycles. The second-order valence-corrected chi connectivity index (χ2v) is 6.21. The van der Waals surface area contributed by atoms with Gasteiger partial charge in [0.05, 0.1) is 5.38 Å². The maximum Gasteiger partial charge on any atom is 0.314 e. The Hall–Kier alpha value is -1.06. The van der Waals surface area contributed by atoms with Crippen molar-refractivity contribution in [2.45, 2.75) is 36.2 Å². The van der Waals surface area contributed by atoms with Crippen molar-refractivity contribution in [2.24, 2.45) is 11.8 Å². The minimum absolute atomic E-state index is 0.00121. The van der Waals surface area contributed by atoms with Crippen LogP contribution in [0.4, 0.5) is 0 Å². The minimum atomic E-state index is -1.32. The first kappa shape index (κ1) is 12.9. The number of aliphatic hydroxyl groups is 1. The van der Waals surface area contributed by atoms with E-state index in [4.69, 9.17) is 11.6 Å². The van der Waals surface area contributed by atoms with Crippen molar-refractivity contribution < 1.29 is 15.0 Å². The van der Waals surface area contributed by atoms with Crippen LogP contribution in [0.2, 0.25) is 0 Å². The molecule has 2 fully saturated rings. The van der Waals surface area contributed by atoms with Crippen LogP contribution in [0.1, 0.15) is 30.7 Å². The summed E-state index contributed by atoms with van der Waals surface area (Å²) >= 11 is 6.39. The molecule has 1 aromatic carbocycles. The number of benzene rings is 1. The predicted molar refractivity (Wildman–Crippen MR) is 72.2 cm³/mol.